The first-order chi connectivity index (χ1) is 10.9. The number of rotatable bonds is 4. The maximum Gasteiger partial charge on any atom is 0.254 e. The molecule has 0 unspecified atom stereocenters. The molecule has 0 aliphatic carbocycles. The summed E-state index contributed by atoms with van der Waals surface area (Å²) in [5.74, 6) is -0.768. The summed E-state index contributed by atoms with van der Waals surface area (Å²) in [5, 5.41) is 5.41. The van der Waals surface area contributed by atoms with Crippen LogP contribution in [-0.4, -0.2) is 23.3 Å². The third-order valence-electron chi connectivity index (χ3n) is 3.21. The molecular formula is C16H15BrClN3O2. The average Bonchev–Trinajstić information content (AvgIpc) is 2.51. The summed E-state index contributed by atoms with van der Waals surface area (Å²) < 4.78 is 0.632. The molecule has 2 amide bonds. The summed E-state index contributed by atoms with van der Waals surface area (Å²) >= 11 is 9.11. The van der Waals surface area contributed by atoms with Crippen molar-refractivity contribution in [1.82, 2.24) is 10.3 Å². The standard InChI is InChI=1S/C16H15BrClN3O2/c1-9-4-3-5-10(2)14(9)21-13(22)8-20-16(23)12-6-11(17)7-19-15(12)18/h3-7H,8H2,1-2H3,(H,20,23)(H,21,22). The second-order valence-electron chi connectivity index (χ2n) is 4.99. The van der Waals surface area contributed by atoms with Crippen LogP contribution in [0.15, 0.2) is 34.9 Å². The summed E-state index contributed by atoms with van der Waals surface area (Å²) in [6, 6.07) is 7.29. The number of anilines is 1. The Kier molecular flexibility index (Phi) is 5.74. The molecule has 0 spiro atoms. The van der Waals surface area contributed by atoms with Gasteiger partial charge in [-0.05, 0) is 47.0 Å². The van der Waals surface area contributed by atoms with Crippen molar-refractivity contribution in [2.75, 3.05) is 11.9 Å². The Morgan fingerprint density at radius 1 is 1.26 bits per heavy atom. The average molecular weight is 397 g/mol. The van der Waals surface area contributed by atoms with Crippen LogP contribution in [0.2, 0.25) is 5.15 Å². The Morgan fingerprint density at radius 3 is 2.57 bits per heavy atom. The number of nitrogens with zero attached hydrogens (tertiary/aromatic N) is 1. The van der Waals surface area contributed by atoms with Crippen molar-refractivity contribution in [3.05, 3.63) is 56.8 Å². The van der Waals surface area contributed by atoms with Crippen molar-refractivity contribution in [3.63, 3.8) is 0 Å². The molecule has 120 valence electrons. The highest BCUT2D eigenvalue weighted by Crippen LogP contribution is 2.19. The second-order valence-corrected chi connectivity index (χ2v) is 6.26. The van der Waals surface area contributed by atoms with Gasteiger partial charge in [0, 0.05) is 16.4 Å². The van der Waals surface area contributed by atoms with Crippen LogP contribution in [0.4, 0.5) is 5.69 Å². The molecule has 23 heavy (non-hydrogen) atoms. The van der Waals surface area contributed by atoms with Crippen LogP contribution >= 0.6 is 27.5 Å². The van der Waals surface area contributed by atoms with E-state index in [9.17, 15) is 9.59 Å². The number of halogens is 2. The minimum Gasteiger partial charge on any atom is -0.343 e. The lowest BCUT2D eigenvalue weighted by atomic mass is 10.1. The van der Waals surface area contributed by atoms with Crippen molar-refractivity contribution in [3.8, 4) is 0 Å². The van der Waals surface area contributed by atoms with Gasteiger partial charge in [-0.2, -0.15) is 0 Å². The number of aryl methyl sites for hydroxylation is 2. The van der Waals surface area contributed by atoms with Crippen molar-refractivity contribution < 1.29 is 9.59 Å². The molecule has 0 radical (unpaired) electrons. The Morgan fingerprint density at radius 2 is 1.91 bits per heavy atom. The summed E-state index contributed by atoms with van der Waals surface area (Å²) in [7, 11) is 0. The number of benzene rings is 1. The van der Waals surface area contributed by atoms with Gasteiger partial charge < -0.3 is 10.6 Å². The van der Waals surface area contributed by atoms with Gasteiger partial charge in [0.2, 0.25) is 5.91 Å². The van der Waals surface area contributed by atoms with Crippen molar-refractivity contribution in [2.24, 2.45) is 0 Å². The Bertz CT molecular complexity index is 745. The summed E-state index contributed by atoms with van der Waals surface area (Å²) in [4.78, 5) is 28.0. The zero-order chi connectivity index (χ0) is 17.0. The summed E-state index contributed by atoms with van der Waals surface area (Å²) in [6.45, 7) is 3.66. The molecule has 2 N–H and O–H groups in total. The van der Waals surface area contributed by atoms with E-state index in [1.165, 1.54) is 6.20 Å². The van der Waals surface area contributed by atoms with Crippen LogP contribution in [0.5, 0.6) is 0 Å². The fourth-order valence-electron chi connectivity index (χ4n) is 2.03. The van der Waals surface area contributed by atoms with E-state index in [-0.39, 0.29) is 23.2 Å². The Balaban J connectivity index is 1.99. The predicted molar refractivity (Wildman–Crippen MR) is 93.8 cm³/mol. The minimum atomic E-state index is -0.458. The van der Waals surface area contributed by atoms with Gasteiger partial charge in [0.25, 0.3) is 5.91 Å². The zero-order valence-electron chi connectivity index (χ0n) is 12.6. The molecule has 1 aromatic carbocycles. The molecule has 0 atom stereocenters. The number of amides is 2. The largest absolute Gasteiger partial charge is 0.343 e. The smallest absolute Gasteiger partial charge is 0.254 e. The summed E-state index contributed by atoms with van der Waals surface area (Å²) in [5.41, 5.74) is 2.89. The number of pyridine rings is 1. The molecule has 5 nitrogen and oxygen atoms in total. The molecule has 2 rings (SSSR count). The first-order valence-electron chi connectivity index (χ1n) is 6.84. The summed E-state index contributed by atoms with van der Waals surface area (Å²) in [6.07, 6.45) is 1.49. The van der Waals surface area contributed by atoms with E-state index in [1.54, 1.807) is 6.07 Å². The highest BCUT2D eigenvalue weighted by molar-refractivity contribution is 9.10. The number of carbonyl (C=O) groups is 2. The van der Waals surface area contributed by atoms with Gasteiger partial charge in [-0.25, -0.2) is 4.98 Å². The molecule has 0 saturated heterocycles. The SMILES string of the molecule is Cc1cccc(C)c1NC(=O)CNC(=O)c1cc(Br)cnc1Cl. The van der Waals surface area contributed by atoms with Gasteiger partial charge in [-0.3, -0.25) is 9.59 Å². The molecule has 0 aliphatic heterocycles. The maximum absolute atomic E-state index is 12.1. The van der Waals surface area contributed by atoms with Crippen LogP contribution in [0, 0.1) is 13.8 Å². The minimum absolute atomic E-state index is 0.0841. The molecule has 0 fully saturated rings. The number of nitrogens with one attached hydrogen (secondary N) is 2. The van der Waals surface area contributed by atoms with Crippen LogP contribution in [0.1, 0.15) is 21.5 Å². The lowest BCUT2D eigenvalue weighted by Crippen LogP contribution is -2.33. The van der Waals surface area contributed by atoms with Gasteiger partial charge in [-0.15, -0.1) is 0 Å². The quantitative estimate of drug-likeness (QED) is 0.777. The van der Waals surface area contributed by atoms with Crippen molar-refractivity contribution in [1.29, 1.82) is 0 Å². The molecule has 1 aromatic heterocycles. The number of hydrogen-bond acceptors (Lipinski definition) is 3. The van der Waals surface area contributed by atoms with E-state index < -0.39 is 5.91 Å². The third kappa shape index (κ3) is 4.53. The van der Waals surface area contributed by atoms with Gasteiger partial charge in [-0.1, -0.05) is 29.8 Å². The molecule has 0 bridgehead atoms. The second kappa shape index (κ2) is 7.57. The van der Waals surface area contributed by atoms with Gasteiger partial charge in [0.15, 0.2) is 0 Å². The Labute approximate surface area is 147 Å². The topological polar surface area (TPSA) is 71.1 Å². The normalized spacial score (nSPS) is 10.3. The van der Waals surface area contributed by atoms with Crippen LogP contribution in [-0.2, 0) is 4.79 Å². The monoisotopic (exact) mass is 395 g/mol. The van der Waals surface area contributed by atoms with Gasteiger partial charge in [0.05, 0.1) is 12.1 Å². The fraction of sp³-hybridized carbons (Fsp3) is 0.188. The first kappa shape index (κ1) is 17.4. The highest BCUT2D eigenvalue weighted by atomic mass is 79.9. The van der Waals surface area contributed by atoms with E-state index in [1.807, 2.05) is 32.0 Å². The molecule has 2 aromatic rings. The molecule has 7 heteroatoms. The van der Waals surface area contributed by atoms with Crippen LogP contribution in [0.25, 0.3) is 0 Å². The fourth-order valence-corrected chi connectivity index (χ4v) is 2.55. The van der Waals surface area contributed by atoms with E-state index >= 15 is 0 Å². The first-order valence-corrected chi connectivity index (χ1v) is 8.01. The molecule has 0 aliphatic rings. The van der Waals surface area contributed by atoms with Gasteiger partial charge >= 0.3 is 0 Å². The van der Waals surface area contributed by atoms with E-state index in [4.69, 9.17) is 11.6 Å². The van der Waals surface area contributed by atoms with Gasteiger partial charge in [0.1, 0.15) is 5.15 Å². The van der Waals surface area contributed by atoms with E-state index in [0.29, 0.717) is 4.47 Å². The highest BCUT2D eigenvalue weighted by Gasteiger charge is 2.14. The van der Waals surface area contributed by atoms with E-state index in [0.717, 1.165) is 16.8 Å². The molecular weight excluding hydrogens is 382 g/mol. The zero-order valence-corrected chi connectivity index (χ0v) is 15.0. The molecule has 1 heterocycles. The third-order valence-corrected chi connectivity index (χ3v) is 3.94. The number of hydrogen-bond donors (Lipinski definition) is 2. The van der Waals surface area contributed by atoms with Crippen molar-refractivity contribution in [2.45, 2.75) is 13.8 Å². The van der Waals surface area contributed by atoms with E-state index in [2.05, 4.69) is 31.5 Å². The van der Waals surface area contributed by atoms with Crippen molar-refractivity contribution >= 4 is 45.0 Å². The number of carbonyl (C=O) groups excluding carboxylic acids is 2. The number of aromatic nitrogens is 1. The predicted octanol–water partition coefficient (Wildman–Crippen LogP) is 3.48. The number of para-hydroxylation sites is 1. The van der Waals surface area contributed by atoms with Crippen LogP contribution in [0.3, 0.4) is 0 Å². The lowest BCUT2D eigenvalue weighted by molar-refractivity contribution is -0.115. The maximum atomic E-state index is 12.1. The van der Waals surface area contributed by atoms with Crippen LogP contribution < -0.4 is 10.6 Å². The lowest BCUT2D eigenvalue weighted by Gasteiger charge is -2.12. The molecule has 0 saturated carbocycles. The Hall–Kier alpha value is -1.92.